The summed E-state index contributed by atoms with van der Waals surface area (Å²) in [6.45, 7) is 3.59. The van der Waals surface area contributed by atoms with Crippen molar-refractivity contribution in [1.82, 2.24) is 19.7 Å². The van der Waals surface area contributed by atoms with Crippen LogP contribution in [0.15, 0.2) is 23.2 Å². The molecular formula is C12H17BrN4OS. The predicted molar refractivity (Wildman–Crippen MR) is 80.5 cm³/mol. The summed E-state index contributed by atoms with van der Waals surface area (Å²) in [4.78, 5) is 8.43. The number of nitrogens with one attached hydrogen (secondary N) is 1. The van der Waals surface area contributed by atoms with Crippen molar-refractivity contribution in [3.8, 4) is 0 Å². The fourth-order valence-corrected chi connectivity index (χ4v) is 2.49. The number of aromatic nitrogens is 3. The molecule has 0 bridgehead atoms. The van der Waals surface area contributed by atoms with Crippen LogP contribution in [-0.2, 0) is 17.3 Å². The van der Waals surface area contributed by atoms with Crippen LogP contribution in [0.25, 0.3) is 5.65 Å². The van der Waals surface area contributed by atoms with Crippen molar-refractivity contribution in [2.75, 3.05) is 12.8 Å². The zero-order chi connectivity index (χ0) is 13.8. The Kier molecular flexibility index (Phi) is 5.06. The van der Waals surface area contributed by atoms with Crippen LogP contribution >= 0.6 is 15.9 Å². The van der Waals surface area contributed by atoms with Crippen molar-refractivity contribution < 1.29 is 4.21 Å². The quantitative estimate of drug-likeness (QED) is 0.811. The Hall–Kier alpha value is -0.790. The zero-order valence-corrected chi connectivity index (χ0v) is 13.4. The van der Waals surface area contributed by atoms with Gasteiger partial charge in [-0.25, -0.2) is 9.97 Å². The number of hydrogen-bond donors (Lipinski definition) is 1. The monoisotopic (exact) mass is 344 g/mol. The molecule has 2 heterocycles. The van der Waals surface area contributed by atoms with Crippen LogP contribution in [0.5, 0.6) is 0 Å². The van der Waals surface area contributed by atoms with Gasteiger partial charge in [-0.15, -0.1) is 0 Å². The van der Waals surface area contributed by atoms with Crippen LogP contribution in [0.4, 0.5) is 0 Å². The van der Waals surface area contributed by atoms with Crippen LogP contribution in [0.1, 0.15) is 19.0 Å². The molecule has 0 radical (unpaired) electrons. The molecule has 5 nitrogen and oxygen atoms in total. The average Bonchev–Trinajstić information content (AvgIpc) is 2.76. The van der Waals surface area contributed by atoms with Gasteiger partial charge in [0.1, 0.15) is 4.60 Å². The van der Waals surface area contributed by atoms with Gasteiger partial charge >= 0.3 is 0 Å². The first kappa shape index (κ1) is 14.6. The zero-order valence-electron chi connectivity index (χ0n) is 11.0. The first-order chi connectivity index (χ1) is 9.08. The molecule has 19 heavy (non-hydrogen) atoms. The number of hydrogen-bond acceptors (Lipinski definition) is 4. The molecule has 0 aliphatic rings. The van der Waals surface area contributed by atoms with Gasteiger partial charge in [0.05, 0.1) is 18.1 Å². The molecule has 0 spiro atoms. The minimum absolute atomic E-state index is 0.230. The van der Waals surface area contributed by atoms with E-state index in [1.54, 1.807) is 12.5 Å². The van der Waals surface area contributed by atoms with Gasteiger partial charge in [-0.1, -0.05) is 6.92 Å². The minimum Gasteiger partial charge on any atom is -0.311 e. The topological polar surface area (TPSA) is 59.3 Å². The lowest BCUT2D eigenvalue weighted by molar-refractivity contribution is 0.621. The van der Waals surface area contributed by atoms with Crippen molar-refractivity contribution in [1.29, 1.82) is 0 Å². The Morgan fingerprint density at radius 1 is 1.47 bits per heavy atom. The van der Waals surface area contributed by atoms with Gasteiger partial charge in [0.15, 0.2) is 5.65 Å². The first-order valence-corrected chi connectivity index (χ1v) is 8.50. The largest absolute Gasteiger partial charge is 0.311 e. The Balaban J connectivity index is 1.91. The van der Waals surface area contributed by atoms with Crippen LogP contribution < -0.4 is 5.32 Å². The summed E-state index contributed by atoms with van der Waals surface area (Å²) in [5, 5.41) is 3.58. The molecule has 0 saturated heterocycles. The van der Waals surface area contributed by atoms with E-state index in [0.717, 1.165) is 35.5 Å². The maximum absolute atomic E-state index is 11.2. The fraction of sp³-hybridized carbons (Fsp3) is 0.500. The lowest BCUT2D eigenvalue weighted by Crippen LogP contribution is -2.21. The highest BCUT2D eigenvalue weighted by molar-refractivity contribution is 9.10. The van der Waals surface area contributed by atoms with E-state index in [9.17, 15) is 4.21 Å². The van der Waals surface area contributed by atoms with Gasteiger partial charge in [-0.2, -0.15) is 0 Å². The molecule has 0 fully saturated rings. The fourth-order valence-electron chi connectivity index (χ4n) is 1.73. The van der Waals surface area contributed by atoms with Crippen LogP contribution in [0.3, 0.4) is 0 Å². The second kappa shape index (κ2) is 6.58. The molecular weight excluding hydrogens is 328 g/mol. The van der Waals surface area contributed by atoms with E-state index < -0.39 is 10.8 Å². The Morgan fingerprint density at radius 3 is 3.00 bits per heavy atom. The second-order valence-electron chi connectivity index (χ2n) is 4.46. The maximum Gasteiger partial charge on any atom is 0.155 e. The molecule has 0 amide bonds. The van der Waals surface area contributed by atoms with Crippen molar-refractivity contribution in [3.05, 3.63) is 28.9 Å². The summed E-state index contributed by atoms with van der Waals surface area (Å²) >= 11 is 3.35. The SMILES string of the molecule is CC(CCNCc1cnc2cnc(Br)cn12)S(C)=O. The van der Waals surface area contributed by atoms with Crippen molar-refractivity contribution >= 4 is 32.4 Å². The second-order valence-corrected chi connectivity index (χ2v) is 7.08. The third-order valence-corrected chi connectivity index (χ3v) is 4.82. The summed E-state index contributed by atoms with van der Waals surface area (Å²) in [5.41, 5.74) is 1.92. The van der Waals surface area contributed by atoms with Gasteiger partial charge in [0.2, 0.25) is 0 Å². The number of imidazole rings is 1. The number of fused-ring (bicyclic) bond motifs is 1. The highest BCUT2D eigenvalue weighted by Crippen LogP contribution is 2.10. The summed E-state index contributed by atoms with van der Waals surface area (Å²) in [7, 11) is -0.748. The van der Waals surface area contributed by atoms with Gasteiger partial charge in [0.25, 0.3) is 0 Å². The normalized spacial score (nSPS) is 14.7. The van der Waals surface area contributed by atoms with Gasteiger partial charge in [-0.3, -0.25) is 8.61 Å². The van der Waals surface area contributed by atoms with Crippen LogP contribution in [0, 0.1) is 0 Å². The molecule has 7 heteroatoms. The van der Waals surface area contributed by atoms with Gasteiger partial charge < -0.3 is 5.32 Å². The molecule has 0 aromatic carbocycles. The molecule has 2 aromatic rings. The molecule has 2 unspecified atom stereocenters. The summed E-state index contributed by atoms with van der Waals surface area (Å²) < 4.78 is 14.0. The van der Waals surface area contributed by atoms with E-state index in [2.05, 4.69) is 31.2 Å². The van der Waals surface area contributed by atoms with E-state index in [-0.39, 0.29) is 5.25 Å². The van der Waals surface area contributed by atoms with Crippen molar-refractivity contribution in [3.63, 3.8) is 0 Å². The molecule has 0 saturated carbocycles. The predicted octanol–water partition coefficient (Wildman–Crippen LogP) is 1.74. The molecule has 1 N–H and O–H groups in total. The molecule has 2 rings (SSSR count). The first-order valence-electron chi connectivity index (χ1n) is 6.08. The van der Waals surface area contributed by atoms with Crippen LogP contribution in [0.2, 0.25) is 0 Å². The number of halogens is 1. The van der Waals surface area contributed by atoms with E-state index in [1.165, 1.54) is 0 Å². The molecule has 2 atom stereocenters. The summed E-state index contributed by atoms with van der Waals surface area (Å²) in [5.74, 6) is 0. The number of rotatable bonds is 6. The standard InChI is InChI=1S/C12H17BrN4OS/c1-9(19(2)18)3-4-14-5-10-6-16-12-7-15-11(13)8-17(10)12/h6-9,14H,3-5H2,1-2H3. The Bertz CT molecular complexity index is 586. The minimum atomic E-state index is -0.748. The highest BCUT2D eigenvalue weighted by atomic mass is 79.9. The average molecular weight is 345 g/mol. The lowest BCUT2D eigenvalue weighted by atomic mass is 10.3. The van der Waals surface area contributed by atoms with Crippen molar-refractivity contribution in [2.45, 2.75) is 25.1 Å². The number of nitrogens with zero attached hydrogens (tertiary/aromatic N) is 3. The van der Waals surface area contributed by atoms with E-state index in [1.807, 2.05) is 23.7 Å². The molecule has 2 aromatic heterocycles. The molecule has 104 valence electrons. The molecule has 0 aliphatic carbocycles. The summed E-state index contributed by atoms with van der Waals surface area (Å²) in [6, 6.07) is 0. The molecule has 0 aliphatic heterocycles. The van der Waals surface area contributed by atoms with Crippen molar-refractivity contribution in [2.24, 2.45) is 0 Å². The van der Waals surface area contributed by atoms with E-state index in [0.29, 0.717) is 0 Å². The van der Waals surface area contributed by atoms with Gasteiger partial charge in [-0.05, 0) is 28.9 Å². The Morgan fingerprint density at radius 2 is 2.26 bits per heavy atom. The van der Waals surface area contributed by atoms with Gasteiger partial charge in [0, 0.05) is 35.0 Å². The Labute approximate surface area is 123 Å². The maximum atomic E-state index is 11.2. The smallest absolute Gasteiger partial charge is 0.155 e. The summed E-state index contributed by atoms with van der Waals surface area (Å²) in [6.07, 6.45) is 8.14. The van der Waals surface area contributed by atoms with E-state index in [4.69, 9.17) is 0 Å². The third kappa shape index (κ3) is 3.84. The van der Waals surface area contributed by atoms with Crippen LogP contribution in [-0.4, -0.2) is 36.6 Å². The highest BCUT2D eigenvalue weighted by Gasteiger charge is 2.06. The third-order valence-electron chi connectivity index (χ3n) is 3.04. The lowest BCUT2D eigenvalue weighted by Gasteiger charge is -2.09. The van der Waals surface area contributed by atoms with E-state index >= 15 is 0 Å².